The van der Waals surface area contributed by atoms with E-state index in [9.17, 15) is 9.90 Å². The summed E-state index contributed by atoms with van der Waals surface area (Å²) in [4.78, 5) is 13.6. The summed E-state index contributed by atoms with van der Waals surface area (Å²) in [5, 5.41) is 9.30. The van der Waals surface area contributed by atoms with Gasteiger partial charge in [0.05, 0.1) is 12.6 Å². The molecule has 0 bridgehead atoms. The van der Waals surface area contributed by atoms with Gasteiger partial charge in [-0.15, -0.1) is 0 Å². The first-order chi connectivity index (χ1) is 7.15. The van der Waals surface area contributed by atoms with Gasteiger partial charge in [-0.2, -0.15) is 0 Å². The molecule has 0 aromatic heterocycles. The van der Waals surface area contributed by atoms with Crippen molar-refractivity contribution in [2.75, 3.05) is 13.2 Å². The van der Waals surface area contributed by atoms with Crippen molar-refractivity contribution in [2.45, 2.75) is 38.8 Å². The molecule has 0 aliphatic carbocycles. The quantitative estimate of drug-likeness (QED) is 0.334. The van der Waals surface area contributed by atoms with Crippen LogP contribution in [0.3, 0.4) is 0 Å². The molecule has 1 rings (SSSR count). The highest BCUT2D eigenvalue weighted by atomic mass is 16.3. The van der Waals surface area contributed by atoms with E-state index in [-0.39, 0.29) is 24.6 Å². The minimum absolute atomic E-state index is 0.0900. The Morgan fingerprint density at radius 2 is 2.40 bits per heavy atom. The third kappa shape index (κ3) is 2.48. The SMILES string of the molecule is CCC(C(=O)NN)N1CCC(C)C1CO. The summed E-state index contributed by atoms with van der Waals surface area (Å²) in [5.74, 6) is 5.43. The molecule has 5 nitrogen and oxygen atoms in total. The van der Waals surface area contributed by atoms with Crippen LogP contribution in [0.4, 0.5) is 0 Å². The van der Waals surface area contributed by atoms with Crippen molar-refractivity contribution >= 4 is 5.91 Å². The Bertz CT molecular complexity index is 223. The third-order valence-corrected chi connectivity index (χ3v) is 3.34. The molecule has 0 aromatic rings. The Morgan fingerprint density at radius 1 is 1.73 bits per heavy atom. The standard InChI is InChI=1S/C10H21N3O2/c1-3-8(10(15)12-11)13-5-4-7(2)9(13)6-14/h7-9,14H,3-6,11H2,1-2H3,(H,12,15). The molecule has 0 radical (unpaired) electrons. The number of aliphatic hydroxyl groups excluding tert-OH is 1. The van der Waals surface area contributed by atoms with Crippen molar-refractivity contribution in [3.8, 4) is 0 Å². The minimum Gasteiger partial charge on any atom is -0.395 e. The van der Waals surface area contributed by atoms with Crippen molar-refractivity contribution in [2.24, 2.45) is 11.8 Å². The van der Waals surface area contributed by atoms with Crippen LogP contribution in [-0.2, 0) is 4.79 Å². The normalized spacial score (nSPS) is 29.1. The van der Waals surface area contributed by atoms with E-state index in [2.05, 4.69) is 17.2 Å². The maximum Gasteiger partial charge on any atom is 0.251 e. The van der Waals surface area contributed by atoms with Gasteiger partial charge in [0.1, 0.15) is 0 Å². The lowest BCUT2D eigenvalue weighted by Crippen LogP contribution is -2.52. The number of rotatable bonds is 4. The summed E-state index contributed by atoms with van der Waals surface area (Å²) in [6, 6.07) is -0.121. The van der Waals surface area contributed by atoms with Gasteiger partial charge in [0.2, 0.25) is 0 Å². The van der Waals surface area contributed by atoms with E-state index in [1.54, 1.807) is 0 Å². The summed E-state index contributed by atoms with van der Waals surface area (Å²) < 4.78 is 0. The number of likely N-dealkylation sites (tertiary alicyclic amines) is 1. The van der Waals surface area contributed by atoms with Crippen LogP contribution in [0.25, 0.3) is 0 Å². The van der Waals surface area contributed by atoms with E-state index in [1.807, 2.05) is 6.92 Å². The van der Waals surface area contributed by atoms with Crippen molar-refractivity contribution < 1.29 is 9.90 Å². The van der Waals surface area contributed by atoms with Gasteiger partial charge >= 0.3 is 0 Å². The van der Waals surface area contributed by atoms with Gasteiger partial charge in [0.25, 0.3) is 5.91 Å². The Hall–Kier alpha value is -0.650. The summed E-state index contributed by atoms with van der Waals surface area (Å²) in [7, 11) is 0. The Kier molecular flexibility index (Phi) is 4.50. The molecule has 0 saturated carbocycles. The number of nitrogens with one attached hydrogen (secondary N) is 1. The fraction of sp³-hybridized carbons (Fsp3) is 0.900. The smallest absolute Gasteiger partial charge is 0.251 e. The largest absolute Gasteiger partial charge is 0.395 e. The molecule has 1 fully saturated rings. The van der Waals surface area contributed by atoms with E-state index < -0.39 is 0 Å². The highest BCUT2D eigenvalue weighted by Gasteiger charge is 2.37. The highest BCUT2D eigenvalue weighted by molar-refractivity contribution is 5.81. The van der Waals surface area contributed by atoms with E-state index in [0.717, 1.165) is 13.0 Å². The molecule has 3 unspecified atom stereocenters. The topological polar surface area (TPSA) is 78.6 Å². The average Bonchev–Trinajstić information content (AvgIpc) is 2.60. The van der Waals surface area contributed by atoms with Crippen LogP contribution in [0.15, 0.2) is 0 Å². The number of nitrogens with zero attached hydrogens (tertiary/aromatic N) is 1. The summed E-state index contributed by atoms with van der Waals surface area (Å²) in [5.41, 5.74) is 2.19. The predicted molar refractivity (Wildman–Crippen MR) is 57.8 cm³/mol. The molecule has 5 heteroatoms. The number of nitrogens with two attached hydrogens (primary N) is 1. The van der Waals surface area contributed by atoms with Gasteiger partial charge in [-0.1, -0.05) is 13.8 Å². The third-order valence-electron chi connectivity index (χ3n) is 3.34. The minimum atomic E-state index is -0.211. The predicted octanol–water partition coefficient (Wildman–Crippen LogP) is -0.542. The van der Waals surface area contributed by atoms with Crippen molar-refractivity contribution in [3.05, 3.63) is 0 Å². The molecule has 1 aliphatic heterocycles. The molecule has 4 N–H and O–H groups in total. The van der Waals surface area contributed by atoms with Gasteiger partial charge in [-0.25, -0.2) is 5.84 Å². The molecular formula is C10H21N3O2. The molecule has 15 heavy (non-hydrogen) atoms. The lowest BCUT2D eigenvalue weighted by molar-refractivity contribution is -0.127. The van der Waals surface area contributed by atoms with Crippen LogP contribution < -0.4 is 11.3 Å². The maximum absolute atomic E-state index is 11.5. The van der Waals surface area contributed by atoms with E-state index in [0.29, 0.717) is 12.3 Å². The van der Waals surface area contributed by atoms with Crippen LogP contribution in [0.1, 0.15) is 26.7 Å². The van der Waals surface area contributed by atoms with E-state index >= 15 is 0 Å². The zero-order valence-corrected chi connectivity index (χ0v) is 9.44. The van der Waals surface area contributed by atoms with E-state index in [1.165, 1.54) is 0 Å². The molecule has 3 atom stereocenters. The lowest BCUT2D eigenvalue weighted by atomic mass is 10.0. The maximum atomic E-state index is 11.5. The van der Waals surface area contributed by atoms with Gasteiger partial charge in [0, 0.05) is 6.04 Å². The van der Waals surface area contributed by atoms with Crippen LogP contribution >= 0.6 is 0 Å². The van der Waals surface area contributed by atoms with E-state index in [4.69, 9.17) is 5.84 Å². The number of amides is 1. The summed E-state index contributed by atoms with van der Waals surface area (Å²) in [6.45, 7) is 5.03. The molecule has 88 valence electrons. The highest BCUT2D eigenvalue weighted by Crippen LogP contribution is 2.26. The van der Waals surface area contributed by atoms with Crippen LogP contribution in [0.2, 0.25) is 0 Å². The number of hydrazine groups is 1. The van der Waals surface area contributed by atoms with Gasteiger partial charge < -0.3 is 5.11 Å². The van der Waals surface area contributed by atoms with Crippen LogP contribution in [0.5, 0.6) is 0 Å². The zero-order valence-electron chi connectivity index (χ0n) is 9.44. The lowest BCUT2D eigenvalue weighted by Gasteiger charge is -2.31. The Balaban J connectivity index is 2.71. The number of carbonyl (C=O) groups excluding carboxylic acids is 1. The first-order valence-corrected chi connectivity index (χ1v) is 5.52. The molecule has 0 spiro atoms. The number of carbonyl (C=O) groups is 1. The van der Waals surface area contributed by atoms with Gasteiger partial charge in [-0.05, 0) is 25.3 Å². The zero-order chi connectivity index (χ0) is 11.4. The second kappa shape index (κ2) is 5.44. The number of hydrogen-bond donors (Lipinski definition) is 3. The van der Waals surface area contributed by atoms with Crippen LogP contribution in [-0.4, -0.2) is 41.1 Å². The van der Waals surface area contributed by atoms with Gasteiger partial charge in [0.15, 0.2) is 0 Å². The Labute approximate surface area is 90.6 Å². The number of hydrogen-bond acceptors (Lipinski definition) is 4. The molecule has 1 saturated heterocycles. The molecule has 1 aliphatic rings. The fourth-order valence-electron chi connectivity index (χ4n) is 2.38. The molecule has 1 heterocycles. The molecular weight excluding hydrogens is 194 g/mol. The first-order valence-electron chi connectivity index (χ1n) is 5.52. The van der Waals surface area contributed by atoms with Crippen molar-refractivity contribution in [1.82, 2.24) is 10.3 Å². The van der Waals surface area contributed by atoms with Gasteiger partial charge in [-0.3, -0.25) is 15.1 Å². The average molecular weight is 215 g/mol. The van der Waals surface area contributed by atoms with Crippen LogP contribution in [0, 0.1) is 5.92 Å². The second-order valence-electron chi connectivity index (χ2n) is 4.19. The number of aliphatic hydroxyl groups is 1. The van der Waals surface area contributed by atoms with Crippen molar-refractivity contribution in [1.29, 1.82) is 0 Å². The fourth-order valence-corrected chi connectivity index (χ4v) is 2.38. The summed E-state index contributed by atoms with van der Waals surface area (Å²) in [6.07, 6.45) is 1.74. The summed E-state index contributed by atoms with van der Waals surface area (Å²) >= 11 is 0. The monoisotopic (exact) mass is 215 g/mol. The Morgan fingerprint density at radius 3 is 2.87 bits per heavy atom. The second-order valence-corrected chi connectivity index (χ2v) is 4.19. The molecule has 0 aromatic carbocycles. The van der Waals surface area contributed by atoms with Crippen molar-refractivity contribution in [3.63, 3.8) is 0 Å². The molecule has 1 amide bonds. The first kappa shape index (κ1) is 12.4.